The van der Waals surface area contributed by atoms with Crippen LogP contribution in [0.1, 0.15) is 11.1 Å². The largest absolute Gasteiger partial charge is 0.489 e. The van der Waals surface area contributed by atoms with E-state index in [0.717, 1.165) is 10.9 Å². The number of hydrogen-bond donors (Lipinski definition) is 1. The minimum Gasteiger partial charge on any atom is -0.489 e. The van der Waals surface area contributed by atoms with Gasteiger partial charge in [0.25, 0.3) is 0 Å². The van der Waals surface area contributed by atoms with Crippen LogP contribution >= 0.6 is 0 Å². The van der Waals surface area contributed by atoms with E-state index in [0.29, 0.717) is 16.9 Å². The topological polar surface area (TPSA) is 48.8 Å². The molecule has 0 saturated heterocycles. The molecule has 0 aliphatic heterocycles. The van der Waals surface area contributed by atoms with E-state index in [1.54, 1.807) is 0 Å². The van der Waals surface area contributed by atoms with Gasteiger partial charge in [-0.05, 0) is 42.5 Å². The molecule has 98 valence electrons. The van der Waals surface area contributed by atoms with E-state index in [1.807, 2.05) is 36.5 Å². The zero-order valence-corrected chi connectivity index (χ0v) is 10.6. The number of benzene rings is 2. The molecule has 0 atom stereocenters. The zero-order chi connectivity index (χ0) is 13.9. The molecular formula is C16H11FN2O. The van der Waals surface area contributed by atoms with Gasteiger partial charge in [-0.1, -0.05) is 0 Å². The van der Waals surface area contributed by atoms with Gasteiger partial charge in [0.15, 0.2) is 0 Å². The fraction of sp³-hybridized carbons (Fsp3) is 0.0625. The average molecular weight is 266 g/mol. The molecule has 0 radical (unpaired) electrons. The van der Waals surface area contributed by atoms with Gasteiger partial charge in [-0.15, -0.1) is 0 Å². The quantitative estimate of drug-likeness (QED) is 0.784. The Labute approximate surface area is 115 Å². The summed E-state index contributed by atoms with van der Waals surface area (Å²) in [6, 6.07) is 13.7. The molecule has 0 bridgehead atoms. The predicted molar refractivity (Wildman–Crippen MR) is 73.7 cm³/mol. The summed E-state index contributed by atoms with van der Waals surface area (Å²) in [4.78, 5) is 3.10. The summed E-state index contributed by atoms with van der Waals surface area (Å²) in [6.45, 7) is 0.163. The number of H-pyrrole nitrogens is 1. The van der Waals surface area contributed by atoms with Gasteiger partial charge >= 0.3 is 0 Å². The lowest BCUT2D eigenvalue weighted by atomic mass is 10.1. The van der Waals surface area contributed by atoms with Crippen molar-refractivity contribution in [3.8, 4) is 11.8 Å². The Bertz CT molecular complexity index is 802. The molecule has 0 aliphatic rings. The van der Waals surface area contributed by atoms with Gasteiger partial charge in [-0.2, -0.15) is 5.26 Å². The molecule has 4 heteroatoms. The highest BCUT2D eigenvalue weighted by molar-refractivity contribution is 5.80. The summed E-state index contributed by atoms with van der Waals surface area (Å²) in [5, 5.41) is 10.0. The highest BCUT2D eigenvalue weighted by Gasteiger charge is 2.05. The first kappa shape index (κ1) is 12.2. The third-order valence-corrected chi connectivity index (χ3v) is 3.11. The van der Waals surface area contributed by atoms with Crippen molar-refractivity contribution in [1.29, 1.82) is 5.26 Å². The van der Waals surface area contributed by atoms with Crippen LogP contribution in [0.25, 0.3) is 10.9 Å². The Hall–Kier alpha value is -2.80. The fourth-order valence-corrected chi connectivity index (χ4v) is 2.07. The monoisotopic (exact) mass is 266 g/mol. The van der Waals surface area contributed by atoms with Crippen LogP contribution in [-0.4, -0.2) is 4.98 Å². The zero-order valence-electron chi connectivity index (χ0n) is 10.6. The Kier molecular flexibility index (Phi) is 3.10. The number of fused-ring (bicyclic) bond motifs is 1. The highest BCUT2D eigenvalue weighted by atomic mass is 19.1. The Balaban J connectivity index is 1.82. The molecule has 1 aromatic heterocycles. The number of hydrogen-bond acceptors (Lipinski definition) is 2. The minimum absolute atomic E-state index is 0.163. The first-order chi connectivity index (χ1) is 9.76. The Morgan fingerprint density at radius 2 is 2.05 bits per heavy atom. The number of ether oxygens (including phenoxy) is 1. The van der Waals surface area contributed by atoms with E-state index in [2.05, 4.69) is 4.98 Å². The van der Waals surface area contributed by atoms with E-state index < -0.39 is 0 Å². The van der Waals surface area contributed by atoms with Gasteiger partial charge in [0.1, 0.15) is 18.2 Å². The lowest BCUT2D eigenvalue weighted by molar-refractivity contribution is 0.305. The van der Waals surface area contributed by atoms with Crippen molar-refractivity contribution in [2.45, 2.75) is 6.61 Å². The Morgan fingerprint density at radius 1 is 1.15 bits per heavy atom. The van der Waals surface area contributed by atoms with Crippen molar-refractivity contribution in [3.05, 3.63) is 65.6 Å². The van der Waals surface area contributed by atoms with E-state index in [4.69, 9.17) is 10.00 Å². The van der Waals surface area contributed by atoms with Crippen molar-refractivity contribution >= 4 is 10.9 Å². The van der Waals surface area contributed by atoms with Crippen molar-refractivity contribution in [2.75, 3.05) is 0 Å². The summed E-state index contributed by atoms with van der Waals surface area (Å²) in [6.07, 6.45) is 1.86. The maximum Gasteiger partial charge on any atom is 0.123 e. The van der Waals surface area contributed by atoms with Crippen LogP contribution in [0.3, 0.4) is 0 Å². The number of halogens is 1. The number of nitriles is 1. The first-order valence-electron chi connectivity index (χ1n) is 6.15. The molecule has 1 heterocycles. The van der Waals surface area contributed by atoms with Gasteiger partial charge in [-0.3, -0.25) is 0 Å². The smallest absolute Gasteiger partial charge is 0.123 e. The van der Waals surface area contributed by atoms with Crippen molar-refractivity contribution in [2.24, 2.45) is 0 Å². The van der Waals surface area contributed by atoms with Crippen LogP contribution in [0.15, 0.2) is 48.7 Å². The summed E-state index contributed by atoms with van der Waals surface area (Å²) < 4.78 is 18.8. The second-order valence-electron chi connectivity index (χ2n) is 4.43. The van der Waals surface area contributed by atoms with Gasteiger partial charge in [0.2, 0.25) is 0 Å². The van der Waals surface area contributed by atoms with Crippen LogP contribution in [0, 0.1) is 17.1 Å². The normalized spacial score (nSPS) is 10.4. The number of rotatable bonds is 3. The summed E-state index contributed by atoms with van der Waals surface area (Å²) in [5.74, 6) is 0.314. The molecule has 20 heavy (non-hydrogen) atoms. The standard InChI is InChI=1S/C16H11FN2O/c17-14-2-1-12(9-18)13(7-14)10-20-15-3-4-16-11(8-15)5-6-19-16/h1-8,19H,10H2. The SMILES string of the molecule is N#Cc1ccc(F)cc1COc1ccc2[nH]ccc2c1. The van der Waals surface area contributed by atoms with E-state index in [-0.39, 0.29) is 12.4 Å². The highest BCUT2D eigenvalue weighted by Crippen LogP contribution is 2.21. The predicted octanol–water partition coefficient (Wildman–Crippen LogP) is 3.76. The summed E-state index contributed by atoms with van der Waals surface area (Å²) >= 11 is 0. The maximum absolute atomic E-state index is 13.2. The molecule has 3 nitrogen and oxygen atoms in total. The molecule has 0 saturated carbocycles. The molecule has 0 unspecified atom stereocenters. The van der Waals surface area contributed by atoms with Crippen LogP contribution in [-0.2, 0) is 6.61 Å². The second kappa shape index (κ2) is 5.06. The number of nitrogens with zero attached hydrogens (tertiary/aromatic N) is 1. The number of aromatic nitrogens is 1. The van der Waals surface area contributed by atoms with Gasteiger partial charge < -0.3 is 9.72 Å². The maximum atomic E-state index is 13.2. The van der Waals surface area contributed by atoms with Gasteiger partial charge in [0, 0.05) is 22.7 Å². The van der Waals surface area contributed by atoms with Crippen LogP contribution in [0.5, 0.6) is 5.75 Å². The van der Waals surface area contributed by atoms with Crippen LogP contribution in [0.2, 0.25) is 0 Å². The molecule has 0 fully saturated rings. The third-order valence-electron chi connectivity index (χ3n) is 3.11. The average Bonchev–Trinajstić information content (AvgIpc) is 2.92. The molecular weight excluding hydrogens is 255 g/mol. The summed E-state index contributed by atoms with van der Waals surface area (Å²) in [5.41, 5.74) is 2.00. The van der Waals surface area contributed by atoms with E-state index >= 15 is 0 Å². The van der Waals surface area contributed by atoms with E-state index in [1.165, 1.54) is 18.2 Å². The second-order valence-corrected chi connectivity index (χ2v) is 4.43. The molecule has 3 rings (SSSR count). The number of nitrogens with one attached hydrogen (secondary N) is 1. The minimum atomic E-state index is -0.372. The van der Waals surface area contributed by atoms with Crippen molar-refractivity contribution in [3.63, 3.8) is 0 Å². The van der Waals surface area contributed by atoms with Crippen molar-refractivity contribution in [1.82, 2.24) is 4.98 Å². The number of aromatic amines is 1. The Morgan fingerprint density at radius 3 is 2.90 bits per heavy atom. The summed E-state index contributed by atoms with van der Waals surface area (Å²) in [7, 11) is 0. The van der Waals surface area contributed by atoms with Gasteiger partial charge in [-0.25, -0.2) is 4.39 Å². The lowest BCUT2D eigenvalue weighted by Crippen LogP contribution is -1.99. The molecule has 2 aromatic carbocycles. The first-order valence-corrected chi connectivity index (χ1v) is 6.15. The molecule has 1 N–H and O–H groups in total. The van der Waals surface area contributed by atoms with E-state index in [9.17, 15) is 4.39 Å². The molecule has 3 aromatic rings. The lowest BCUT2D eigenvalue weighted by Gasteiger charge is -2.08. The molecule has 0 amide bonds. The third kappa shape index (κ3) is 2.34. The molecule has 0 spiro atoms. The molecule has 0 aliphatic carbocycles. The van der Waals surface area contributed by atoms with Crippen LogP contribution < -0.4 is 4.74 Å². The fourth-order valence-electron chi connectivity index (χ4n) is 2.07. The van der Waals surface area contributed by atoms with Crippen molar-refractivity contribution < 1.29 is 9.13 Å². The van der Waals surface area contributed by atoms with Crippen LogP contribution in [0.4, 0.5) is 4.39 Å². The van der Waals surface area contributed by atoms with Gasteiger partial charge in [0.05, 0.1) is 11.6 Å².